The first-order chi connectivity index (χ1) is 16.8. The van der Waals surface area contributed by atoms with Crippen molar-refractivity contribution in [3.8, 4) is 0 Å². The second-order valence-electron chi connectivity index (χ2n) is 9.20. The minimum absolute atomic E-state index is 0.194. The number of aryl methyl sites for hydroxylation is 1. The summed E-state index contributed by atoms with van der Waals surface area (Å²) in [5, 5.41) is 8.40. The highest BCUT2D eigenvalue weighted by Crippen LogP contribution is 2.33. The van der Waals surface area contributed by atoms with E-state index in [1.54, 1.807) is 0 Å². The van der Waals surface area contributed by atoms with Crippen LogP contribution >= 0.6 is 0 Å². The Morgan fingerprint density at radius 1 is 0.941 bits per heavy atom. The molecule has 1 aliphatic carbocycles. The summed E-state index contributed by atoms with van der Waals surface area (Å²) in [7, 11) is 1.46. The van der Waals surface area contributed by atoms with Crippen LogP contribution in [0.15, 0.2) is 54.6 Å². The highest BCUT2D eigenvalue weighted by atomic mass is 16.5. The van der Waals surface area contributed by atoms with E-state index in [1.807, 2.05) is 30.3 Å². The summed E-state index contributed by atoms with van der Waals surface area (Å²) in [4.78, 5) is 17.1. The van der Waals surface area contributed by atoms with E-state index >= 15 is 0 Å². The Hall–Kier alpha value is -2.92. The number of hydrogen-bond acceptors (Lipinski definition) is 5. The number of carbonyl (C=O) groups is 1. The number of nitrogens with one attached hydrogen (secondary N) is 2. The molecular weight excluding hydrogens is 422 g/mol. The maximum absolute atomic E-state index is 12.2. The topological polar surface area (TPSA) is 63.2 Å². The number of unbranched alkanes of at least 4 members (excludes halogenated alkanes) is 3. The Labute approximate surface area is 203 Å². The third-order valence-electron chi connectivity index (χ3n) is 6.73. The number of anilines is 1. The van der Waals surface area contributed by atoms with Crippen LogP contribution in [0.5, 0.6) is 0 Å². The maximum Gasteiger partial charge on any atom is 0.323 e. The van der Waals surface area contributed by atoms with Crippen LogP contribution < -0.4 is 10.6 Å². The molecule has 180 valence electrons. The molecule has 0 fully saturated rings. The summed E-state index contributed by atoms with van der Waals surface area (Å²) in [6, 6.07) is 18.3. The molecule has 0 bridgehead atoms. The number of methoxy groups -OCH3 is 1. The van der Waals surface area contributed by atoms with Gasteiger partial charge in [0.25, 0.3) is 0 Å². The average Bonchev–Trinajstić information content (AvgIpc) is 2.89. The van der Waals surface area contributed by atoms with Crippen LogP contribution in [0.25, 0.3) is 10.9 Å². The van der Waals surface area contributed by atoms with Crippen molar-refractivity contribution < 1.29 is 9.53 Å². The lowest BCUT2D eigenvalue weighted by atomic mass is 9.92. The van der Waals surface area contributed by atoms with E-state index in [4.69, 9.17) is 9.72 Å². The van der Waals surface area contributed by atoms with Gasteiger partial charge < -0.3 is 15.4 Å². The molecular formula is C29H37N3O2. The van der Waals surface area contributed by atoms with E-state index in [1.165, 1.54) is 48.7 Å². The third-order valence-corrected chi connectivity index (χ3v) is 6.73. The Kier molecular flexibility index (Phi) is 8.91. The van der Waals surface area contributed by atoms with Gasteiger partial charge in [-0.3, -0.25) is 9.78 Å². The molecule has 0 radical (unpaired) electrons. The molecule has 2 aromatic carbocycles. The number of pyridine rings is 1. The SMILES string of the molecule is COC(=O)[C@H](Cc1ccccc1)NCCCCCCNc1c2c(nc3ccccc13)CCCC2. The van der Waals surface area contributed by atoms with Crippen LogP contribution in [0.3, 0.4) is 0 Å². The molecule has 1 aliphatic rings. The Morgan fingerprint density at radius 2 is 1.68 bits per heavy atom. The van der Waals surface area contributed by atoms with Gasteiger partial charge in [-0.25, -0.2) is 0 Å². The van der Waals surface area contributed by atoms with Crippen LogP contribution in [0, 0.1) is 0 Å². The molecule has 4 rings (SSSR count). The molecule has 1 atom stereocenters. The van der Waals surface area contributed by atoms with Gasteiger partial charge in [0.2, 0.25) is 0 Å². The molecule has 0 amide bonds. The van der Waals surface area contributed by atoms with Crippen molar-refractivity contribution in [2.45, 2.75) is 63.8 Å². The Bertz CT molecular complexity index is 1070. The van der Waals surface area contributed by atoms with Crippen molar-refractivity contribution in [2.75, 3.05) is 25.5 Å². The number of aromatic nitrogens is 1. The number of fused-ring (bicyclic) bond motifs is 2. The molecule has 5 nitrogen and oxygen atoms in total. The summed E-state index contributed by atoms with van der Waals surface area (Å²) in [5.41, 5.74) is 6.27. The number of hydrogen-bond donors (Lipinski definition) is 2. The highest BCUT2D eigenvalue weighted by Gasteiger charge is 2.19. The van der Waals surface area contributed by atoms with Gasteiger partial charge in [-0.2, -0.15) is 0 Å². The lowest BCUT2D eigenvalue weighted by molar-refractivity contribution is -0.143. The van der Waals surface area contributed by atoms with E-state index < -0.39 is 0 Å². The van der Waals surface area contributed by atoms with E-state index in [-0.39, 0.29) is 12.0 Å². The maximum atomic E-state index is 12.2. The number of esters is 1. The van der Waals surface area contributed by atoms with E-state index in [2.05, 4.69) is 34.9 Å². The molecule has 3 aromatic rings. The van der Waals surface area contributed by atoms with Crippen molar-refractivity contribution in [1.29, 1.82) is 0 Å². The lowest BCUT2D eigenvalue weighted by Crippen LogP contribution is -2.40. The fourth-order valence-electron chi connectivity index (χ4n) is 4.90. The van der Waals surface area contributed by atoms with Crippen LogP contribution in [0.1, 0.15) is 55.3 Å². The Morgan fingerprint density at radius 3 is 2.50 bits per heavy atom. The minimum Gasteiger partial charge on any atom is -0.468 e. The quantitative estimate of drug-likeness (QED) is 0.278. The van der Waals surface area contributed by atoms with Gasteiger partial charge in [0, 0.05) is 23.3 Å². The number of benzene rings is 2. The molecule has 0 saturated carbocycles. The molecule has 34 heavy (non-hydrogen) atoms. The Balaban J connectivity index is 1.20. The zero-order chi connectivity index (χ0) is 23.6. The molecule has 0 aliphatic heterocycles. The number of carbonyl (C=O) groups excluding carboxylic acids is 1. The second kappa shape index (κ2) is 12.5. The first-order valence-corrected chi connectivity index (χ1v) is 12.8. The van der Waals surface area contributed by atoms with Crippen molar-refractivity contribution in [2.24, 2.45) is 0 Å². The largest absolute Gasteiger partial charge is 0.468 e. The predicted molar refractivity (Wildman–Crippen MR) is 139 cm³/mol. The number of para-hydroxylation sites is 1. The minimum atomic E-state index is -0.291. The summed E-state index contributed by atoms with van der Waals surface area (Å²) in [6.07, 6.45) is 9.88. The fourth-order valence-corrected chi connectivity index (χ4v) is 4.90. The molecule has 0 spiro atoms. The van der Waals surface area contributed by atoms with Crippen molar-refractivity contribution in [3.63, 3.8) is 0 Å². The number of nitrogens with zero attached hydrogens (tertiary/aromatic N) is 1. The lowest BCUT2D eigenvalue weighted by Gasteiger charge is -2.21. The van der Waals surface area contributed by atoms with Crippen LogP contribution in [0.4, 0.5) is 5.69 Å². The molecule has 0 saturated heterocycles. The first-order valence-electron chi connectivity index (χ1n) is 12.8. The zero-order valence-corrected chi connectivity index (χ0v) is 20.3. The molecule has 0 unspecified atom stereocenters. The number of ether oxygens (including phenoxy) is 1. The summed E-state index contributed by atoms with van der Waals surface area (Å²) < 4.78 is 4.99. The van der Waals surface area contributed by atoms with E-state index in [0.717, 1.165) is 56.3 Å². The van der Waals surface area contributed by atoms with Crippen LogP contribution in [0.2, 0.25) is 0 Å². The van der Waals surface area contributed by atoms with Crippen LogP contribution in [-0.4, -0.2) is 37.2 Å². The normalized spacial score (nSPS) is 13.9. The highest BCUT2D eigenvalue weighted by molar-refractivity contribution is 5.93. The van der Waals surface area contributed by atoms with Gasteiger partial charge in [-0.1, -0.05) is 61.4 Å². The number of rotatable bonds is 12. The summed E-state index contributed by atoms with van der Waals surface area (Å²) >= 11 is 0. The summed E-state index contributed by atoms with van der Waals surface area (Å²) in [5.74, 6) is -0.194. The fraction of sp³-hybridized carbons (Fsp3) is 0.448. The molecule has 1 heterocycles. The second-order valence-corrected chi connectivity index (χ2v) is 9.20. The van der Waals surface area contributed by atoms with E-state index in [0.29, 0.717) is 6.42 Å². The van der Waals surface area contributed by atoms with Crippen molar-refractivity contribution >= 4 is 22.6 Å². The monoisotopic (exact) mass is 459 g/mol. The van der Waals surface area contributed by atoms with Gasteiger partial charge in [-0.05, 0) is 68.7 Å². The van der Waals surface area contributed by atoms with Crippen LogP contribution in [-0.2, 0) is 28.8 Å². The zero-order valence-electron chi connectivity index (χ0n) is 20.3. The van der Waals surface area contributed by atoms with Gasteiger partial charge in [0.15, 0.2) is 0 Å². The van der Waals surface area contributed by atoms with E-state index in [9.17, 15) is 4.79 Å². The molecule has 1 aromatic heterocycles. The van der Waals surface area contributed by atoms with Gasteiger partial charge >= 0.3 is 5.97 Å². The van der Waals surface area contributed by atoms with Crippen molar-refractivity contribution in [3.05, 3.63) is 71.4 Å². The predicted octanol–water partition coefficient (Wildman–Crippen LogP) is 5.46. The average molecular weight is 460 g/mol. The van der Waals surface area contributed by atoms with Crippen molar-refractivity contribution in [1.82, 2.24) is 10.3 Å². The third kappa shape index (κ3) is 6.35. The molecule has 5 heteroatoms. The molecule has 2 N–H and O–H groups in total. The first kappa shape index (κ1) is 24.2. The van der Waals surface area contributed by atoms with Gasteiger partial charge in [0.05, 0.1) is 12.6 Å². The smallest absolute Gasteiger partial charge is 0.323 e. The standard InChI is InChI=1S/C29H37N3O2/c1-34-29(33)27(21-22-13-5-4-6-14-22)30-19-11-2-3-12-20-31-28-23-15-7-9-17-25(23)32-26-18-10-8-16-24(26)28/h4-7,9,13-15,17,27,30H,2-3,8,10-12,16,18-21H2,1H3,(H,31,32)/t27-/m0/s1. The van der Waals surface area contributed by atoms with Gasteiger partial charge in [-0.15, -0.1) is 0 Å². The summed E-state index contributed by atoms with van der Waals surface area (Å²) in [6.45, 7) is 1.80. The van der Waals surface area contributed by atoms with Gasteiger partial charge in [0.1, 0.15) is 6.04 Å².